The lowest BCUT2D eigenvalue weighted by Gasteiger charge is -2.21. The molecule has 5 nitrogen and oxygen atoms in total. The summed E-state index contributed by atoms with van der Waals surface area (Å²) in [4.78, 5) is 24.0. The summed E-state index contributed by atoms with van der Waals surface area (Å²) in [7, 11) is 0. The highest BCUT2D eigenvalue weighted by molar-refractivity contribution is 6.05. The Bertz CT molecular complexity index is 751. The fourth-order valence-corrected chi connectivity index (χ4v) is 3.35. The van der Waals surface area contributed by atoms with Crippen LogP contribution in [0.1, 0.15) is 36.0 Å². The zero-order chi connectivity index (χ0) is 16.4. The van der Waals surface area contributed by atoms with Gasteiger partial charge in [-0.3, -0.25) is 4.79 Å². The van der Waals surface area contributed by atoms with E-state index in [0.717, 1.165) is 36.5 Å². The molecule has 0 radical (unpaired) electrons. The standard InChI is InChI=1S/C18H20N2O3/c19-15-10-13-8-4-3-7-12(13)9-14(15)17(21)20-16(18(22)23)11-5-1-2-6-11/h3-4,7-11,16H,1-2,5-6,19H2,(H,20,21)(H,22,23)/t16-/m0/s1. The Kier molecular flexibility index (Phi) is 4.19. The average molecular weight is 312 g/mol. The number of nitrogens with two attached hydrogens (primary N) is 1. The molecular weight excluding hydrogens is 292 g/mol. The first kappa shape index (κ1) is 15.3. The van der Waals surface area contributed by atoms with Gasteiger partial charge in [0.05, 0.1) is 5.56 Å². The molecule has 2 aromatic rings. The van der Waals surface area contributed by atoms with Crippen molar-refractivity contribution in [2.45, 2.75) is 31.7 Å². The van der Waals surface area contributed by atoms with Crippen molar-refractivity contribution in [1.29, 1.82) is 0 Å². The highest BCUT2D eigenvalue weighted by atomic mass is 16.4. The maximum atomic E-state index is 12.5. The fraction of sp³-hybridized carbons (Fsp3) is 0.333. The van der Waals surface area contributed by atoms with Crippen molar-refractivity contribution < 1.29 is 14.7 Å². The van der Waals surface area contributed by atoms with Crippen LogP contribution in [0, 0.1) is 5.92 Å². The number of fused-ring (bicyclic) bond motifs is 1. The van der Waals surface area contributed by atoms with Crippen molar-refractivity contribution in [3.8, 4) is 0 Å². The molecule has 0 unspecified atom stereocenters. The average Bonchev–Trinajstić information content (AvgIpc) is 3.05. The van der Waals surface area contributed by atoms with Crippen LogP contribution in [0.25, 0.3) is 10.8 Å². The van der Waals surface area contributed by atoms with Gasteiger partial charge in [-0.05, 0) is 41.7 Å². The van der Waals surface area contributed by atoms with Gasteiger partial charge in [0.1, 0.15) is 6.04 Å². The Morgan fingerprint density at radius 2 is 1.74 bits per heavy atom. The van der Waals surface area contributed by atoms with E-state index < -0.39 is 17.9 Å². The molecule has 1 atom stereocenters. The largest absolute Gasteiger partial charge is 0.480 e. The van der Waals surface area contributed by atoms with E-state index in [0.29, 0.717) is 11.3 Å². The van der Waals surface area contributed by atoms with Gasteiger partial charge in [-0.15, -0.1) is 0 Å². The second-order valence-electron chi connectivity index (χ2n) is 6.12. The number of carbonyl (C=O) groups excluding carboxylic acids is 1. The summed E-state index contributed by atoms with van der Waals surface area (Å²) < 4.78 is 0. The third-order valence-electron chi connectivity index (χ3n) is 4.59. The molecule has 2 aromatic carbocycles. The van der Waals surface area contributed by atoms with Gasteiger partial charge >= 0.3 is 5.97 Å². The number of carbonyl (C=O) groups is 2. The van der Waals surface area contributed by atoms with Crippen LogP contribution in [0.3, 0.4) is 0 Å². The van der Waals surface area contributed by atoms with Crippen LogP contribution < -0.4 is 11.1 Å². The summed E-state index contributed by atoms with van der Waals surface area (Å²) >= 11 is 0. The molecule has 3 rings (SSSR count). The van der Waals surface area contributed by atoms with Crippen LogP contribution in [0.5, 0.6) is 0 Å². The van der Waals surface area contributed by atoms with E-state index >= 15 is 0 Å². The number of anilines is 1. The van der Waals surface area contributed by atoms with Crippen LogP contribution in [0.15, 0.2) is 36.4 Å². The van der Waals surface area contributed by atoms with Gasteiger partial charge in [-0.25, -0.2) is 4.79 Å². The molecule has 1 amide bonds. The van der Waals surface area contributed by atoms with Gasteiger partial charge < -0.3 is 16.2 Å². The molecule has 23 heavy (non-hydrogen) atoms. The van der Waals surface area contributed by atoms with Gasteiger partial charge in [-0.2, -0.15) is 0 Å². The number of rotatable bonds is 4. The number of nitrogens with one attached hydrogen (secondary N) is 1. The van der Waals surface area contributed by atoms with E-state index in [2.05, 4.69) is 5.32 Å². The molecule has 0 heterocycles. The monoisotopic (exact) mass is 312 g/mol. The smallest absolute Gasteiger partial charge is 0.326 e. The molecule has 1 fully saturated rings. The molecule has 1 aliphatic carbocycles. The van der Waals surface area contributed by atoms with Gasteiger partial charge in [-0.1, -0.05) is 37.1 Å². The number of nitrogen functional groups attached to an aromatic ring is 1. The first-order valence-corrected chi connectivity index (χ1v) is 7.88. The molecule has 1 aliphatic rings. The number of hydrogen-bond donors (Lipinski definition) is 3. The lowest BCUT2D eigenvalue weighted by molar-refractivity contribution is -0.140. The zero-order valence-electron chi connectivity index (χ0n) is 12.8. The molecule has 0 spiro atoms. The molecule has 5 heteroatoms. The molecule has 0 saturated heterocycles. The number of carboxylic acid groups (broad SMARTS) is 1. The van der Waals surface area contributed by atoms with Crippen LogP contribution in [0.2, 0.25) is 0 Å². The number of hydrogen-bond acceptors (Lipinski definition) is 3. The van der Waals surface area contributed by atoms with Crippen LogP contribution >= 0.6 is 0 Å². The summed E-state index contributed by atoms with van der Waals surface area (Å²) in [6.45, 7) is 0. The van der Waals surface area contributed by atoms with Crippen molar-refractivity contribution in [1.82, 2.24) is 5.32 Å². The summed E-state index contributed by atoms with van der Waals surface area (Å²) in [5.41, 5.74) is 6.67. The Labute approximate surface area is 134 Å². The van der Waals surface area contributed by atoms with Crippen molar-refractivity contribution >= 4 is 28.3 Å². The summed E-state index contributed by atoms with van der Waals surface area (Å²) in [5, 5.41) is 13.9. The fourth-order valence-electron chi connectivity index (χ4n) is 3.35. The molecule has 1 saturated carbocycles. The molecule has 0 aromatic heterocycles. The lowest BCUT2D eigenvalue weighted by atomic mass is 9.97. The Morgan fingerprint density at radius 3 is 2.35 bits per heavy atom. The van der Waals surface area contributed by atoms with E-state index in [-0.39, 0.29) is 5.92 Å². The topological polar surface area (TPSA) is 92.4 Å². The summed E-state index contributed by atoms with van der Waals surface area (Å²) in [6.07, 6.45) is 3.71. The number of benzene rings is 2. The van der Waals surface area contributed by atoms with E-state index in [1.54, 1.807) is 12.1 Å². The molecule has 0 aliphatic heterocycles. The predicted octanol–water partition coefficient (Wildman–Crippen LogP) is 2.80. The van der Waals surface area contributed by atoms with Crippen molar-refractivity contribution in [2.24, 2.45) is 5.92 Å². The predicted molar refractivity (Wildman–Crippen MR) is 89.2 cm³/mol. The van der Waals surface area contributed by atoms with Gasteiger partial charge in [0.15, 0.2) is 0 Å². The Hall–Kier alpha value is -2.56. The van der Waals surface area contributed by atoms with E-state index in [1.165, 1.54) is 0 Å². The minimum absolute atomic E-state index is 0.00173. The maximum absolute atomic E-state index is 12.5. The lowest BCUT2D eigenvalue weighted by Crippen LogP contribution is -2.45. The van der Waals surface area contributed by atoms with Crippen LogP contribution in [-0.4, -0.2) is 23.0 Å². The van der Waals surface area contributed by atoms with Gasteiger partial charge in [0.25, 0.3) is 5.91 Å². The molecular formula is C18H20N2O3. The summed E-state index contributed by atoms with van der Waals surface area (Å²) in [5.74, 6) is -1.41. The third kappa shape index (κ3) is 3.13. The highest BCUT2D eigenvalue weighted by Gasteiger charge is 2.32. The van der Waals surface area contributed by atoms with Crippen molar-refractivity contribution in [3.05, 3.63) is 42.0 Å². The van der Waals surface area contributed by atoms with Crippen LogP contribution in [0.4, 0.5) is 5.69 Å². The zero-order valence-corrected chi connectivity index (χ0v) is 12.8. The molecule has 0 bridgehead atoms. The quantitative estimate of drug-likeness (QED) is 0.757. The van der Waals surface area contributed by atoms with E-state index in [9.17, 15) is 14.7 Å². The van der Waals surface area contributed by atoms with Crippen molar-refractivity contribution in [2.75, 3.05) is 5.73 Å². The number of carboxylic acids is 1. The summed E-state index contributed by atoms with van der Waals surface area (Å²) in [6, 6.07) is 10.2. The van der Waals surface area contributed by atoms with E-state index in [1.807, 2.05) is 24.3 Å². The normalized spacial score (nSPS) is 16.3. The number of aliphatic carboxylic acids is 1. The first-order valence-electron chi connectivity index (χ1n) is 7.88. The third-order valence-corrected chi connectivity index (χ3v) is 4.59. The first-order chi connectivity index (χ1) is 11.1. The Morgan fingerprint density at radius 1 is 1.13 bits per heavy atom. The second-order valence-corrected chi connectivity index (χ2v) is 6.12. The highest BCUT2D eigenvalue weighted by Crippen LogP contribution is 2.28. The molecule has 4 N–H and O–H groups in total. The van der Waals surface area contributed by atoms with Gasteiger partial charge in [0.2, 0.25) is 0 Å². The van der Waals surface area contributed by atoms with Crippen molar-refractivity contribution in [3.63, 3.8) is 0 Å². The van der Waals surface area contributed by atoms with Gasteiger partial charge in [0, 0.05) is 5.69 Å². The minimum Gasteiger partial charge on any atom is -0.480 e. The second kappa shape index (κ2) is 6.28. The van der Waals surface area contributed by atoms with Crippen LogP contribution in [-0.2, 0) is 4.79 Å². The molecule has 120 valence electrons. The van der Waals surface area contributed by atoms with E-state index in [4.69, 9.17) is 5.73 Å². The minimum atomic E-state index is -0.982. The Balaban J connectivity index is 1.87. The maximum Gasteiger partial charge on any atom is 0.326 e. The SMILES string of the molecule is Nc1cc2ccccc2cc1C(=O)N[C@H](C(=O)O)C1CCCC1. The number of amides is 1.